The van der Waals surface area contributed by atoms with Crippen LogP contribution in [0.25, 0.3) is 11.3 Å². The number of carbonyl (C=O) groups excluding carboxylic acids is 1. The summed E-state index contributed by atoms with van der Waals surface area (Å²) in [6.07, 6.45) is 1.76. The Morgan fingerprint density at radius 2 is 1.83 bits per heavy atom. The van der Waals surface area contributed by atoms with Crippen LogP contribution in [-0.4, -0.2) is 56.3 Å². The van der Waals surface area contributed by atoms with Gasteiger partial charge in [-0.1, -0.05) is 13.8 Å². The zero-order valence-electron chi connectivity index (χ0n) is 17.7. The van der Waals surface area contributed by atoms with E-state index in [-0.39, 0.29) is 17.9 Å². The Balaban J connectivity index is 1.87. The summed E-state index contributed by atoms with van der Waals surface area (Å²) in [5, 5.41) is 3.31. The number of hydrogen-bond acceptors (Lipinski definition) is 6. The first-order valence-electron chi connectivity index (χ1n) is 9.76. The summed E-state index contributed by atoms with van der Waals surface area (Å²) >= 11 is 0. The normalized spacial score (nSPS) is 16.8. The number of carbonyl (C=O) groups is 1. The van der Waals surface area contributed by atoms with Gasteiger partial charge in [-0.3, -0.25) is 9.78 Å². The van der Waals surface area contributed by atoms with Gasteiger partial charge in [-0.25, -0.2) is 0 Å². The summed E-state index contributed by atoms with van der Waals surface area (Å²) in [7, 11) is 4.76. The summed E-state index contributed by atoms with van der Waals surface area (Å²) in [4.78, 5) is 19.2. The molecule has 1 amide bonds. The second kappa shape index (κ2) is 9.13. The highest BCUT2D eigenvalue weighted by Crippen LogP contribution is 2.40. The van der Waals surface area contributed by atoms with Crippen LogP contribution < -0.4 is 19.5 Å². The number of ether oxygens (including phenoxy) is 3. The van der Waals surface area contributed by atoms with E-state index in [1.807, 2.05) is 29.2 Å². The van der Waals surface area contributed by atoms with Gasteiger partial charge in [0.05, 0.1) is 33.1 Å². The molecule has 0 bridgehead atoms. The van der Waals surface area contributed by atoms with Crippen LogP contribution >= 0.6 is 0 Å². The van der Waals surface area contributed by atoms with Gasteiger partial charge in [0.2, 0.25) is 11.7 Å². The van der Waals surface area contributed by atoms with Crippen molar-refractivity contribution in [1.29, 1.82) is 0 Å². The third-order valence-corrected chi connectivity index (χ3v) is 5.15. The van der Waals surface area contributed by atoms with Crippen LogP contribution in [0.5, 0.6) is 17.2 Å². The topological polar surface area (TPSA) is 72.9 Å². The van der Waals surface area contributed by atoms with Crippen LogP contribution in [0, 0.1) is 5.92 Å². The van der Waals surface area contributed by atoms with E-state index in [4.69, 9.17) is 14.2 Å². The average Bonchev–Trinajstić information content (AvgIpc) is 2.74. The maximum Gasteiger partial charge on any atom is 0.240 e. The second-order valence-corrected chi connectivity index (χ2v) is 7.40. The molecule has 1 aliphatic rings. The summed E-state index contributed by atoms with van der Waals surface area (Å²) in [5.41, 5.74) is 2.67. The molecule has 2 heterocycles. The number of benzene rings is 1. The molecule has 1 aromatic carbocycles. The molecule has 0 unspecified atom stereocenters. The molecule has 29 heavy (non-hydrogen) atoms. The van der Waals surface area contributed by atoms with E-state index in [1.54, 1.807) is 27.5 Å². The first-order valence-corrected chi connectivity index (χ1v) is 9.76. The van der Waals surface area contributed by atoms with Crippen LogP contribution in [0.3, 0.4) is 0 Å². The summed E-state index contributed by atoms with van der Waals surface area (Å²) < 4.78 is 16.3. The van der Waals surface area contributed by atoms with Gasteiger partial charge < -0.3 is 24.4 Å². The Bertz CT molecular complexity index is 844. The van der Waals surface area contributed by atoms with E-state index in [1.165, 1.54) is 0 Å². The van der Waals surface area contributed by atoms with Gasteiger partial charge in [-0.15, -0.1) is 0 Å². The van der Waals surface area contributed by atoms with Gasteiger partial charge >= 0.3 is 0 Å². The molecule has 1 saturated heterocycles. The van der Waals surface area contributed by atoms with Crippen LogP contribution in [-0.2, 0) is 11.3 Å². The standard InChI is InChI=1S/C22H29N3O4/c1-14(2)20-22(26)25(9-8-24-20)13-15-6-7-23-17(10-15)16-11-18(27-3)21(29-5)19(12-16)28-4/h6-7,10-12,14,20,24H,8-9,13H2,1-5H3/t20-/m1/s1. The van der Waals surface area contributed by atoms with Crippen molar-refractivity contribution in [3.63, 3.8) is 0 Å². The molecule has 1 N–H and O–H groups in total. The maximum absolute atomic E-state index is 12.8. The number of piperazine rings is 1. The minimum atomic E-state index is -0.125. The van der Waals surface area contributed by atoms with Crippen LogP contribution in [0.15, 0.2) is 30.5 Å². The molecule has 7 nitrogen and oxygen atoms in total. The highest BCUT2D eigenvalue weighted by Gasteiger charge is 2.30. The molecule has 1 aromatic heterocycles. The van der Waals surface area contributed by atoms with Crippen LogP contribution in [0.2, 0.25) is 0 Å². The molecular weight excluding hydrogens is 370 g/mol. The molecule has 0 saturated carbocycles. The molecule has 1 fully saturated rings. The SMILES string of the molecule is COc1cc(-c2cc(CN3CCN[C@H](C(C)C)C3=O)ccn2)cc(OC)c1OC. The number of methoxy groups -OCH3 is 3. The third-order valence-electron chi connectivity index (χ3n) is 5.15. The summed E-state index contributed by atoms with van der Waals surface area (Å²) in [6.45, 7) is 6.19. The Morgan fingerprint density at radius 1 is 1.14 bits per heavy atom. The zero-order valence-corrected chi connectivity index (χ0v) is 17.7. The van der Waals surface area contributed by atoms with Gasteiger partial charge in [0.15, 0.2) is 11.5 Å². The fourth-order valence-corrected chi connectivity index (χ4v) is 3.61. The lowest BCUT2D eigenvalue weighted by Gasteiger charge is -2.35. The van der Waals surface area contributed by atoms with E-state index in [9.17, 15) is 4.79 Å². The summed E-state index contributed by atoms with van der Waals surface area (Å²) in [6, 6.07) is 7.57. The Morgan fingerprint density at radius 3 is 2.41 bits per heavy atom. The van der Waals surface area contributed by atoms with Crippen molar-refractivity contribution in [2.45, 2.75) is 26.4 Å². The number of aromatic nitrogens is 1. The maximum atomic E-state index is 12.8. The van der Waals surface area contributed by atoms with Crippen molar-refractivity contribution >= 4 is 5.91 Å². The smallest absolute Gasteiger partial charge is 0.240 e. The van der Waals surface area contributed by atoms with E-state index < -0.39 is 0 Å². The van der Waals surface area contributed by atoms with Crippen LogP contribution in [0.4, 0.5) is 0 Å². The molecule has 0 radical (unpaired) electrons. The number of nitrogens with zero attached hydrogens (tertiary/aromatic N) is 2. The highest BCUT2D eigenvalue weighted by atomic mass is 16.5. The Labute approximate surface area is 172 Å². The minimum Gasteiger partial charge on any atom is -0.493 e. The van der Waals surface area contributed by atoms with Gasteiger partial charge in [0.25, 0.3) is 0 Å². The zero-order chi connectivity index (χ0) is 21.0. The lowest BCUT2D eigenvalue weighted by molar-refractivity contribution is -0.137. The molecule has 1 aliphatic heterocycles. The number of hydrogen-bond donors (Lipinski definition) is 1. The lowest BCUT2D eigenvalue weighted by atomic mass is 10.0. The van der Waals surface area contributed by atoms with E-state index in [0.29, 0.717) is 30.3 Å². The fraction of sp³-hybridized carbons (Fsp3) is 0.455. The molecule has 1 atom stereocenters. The van der Waals surface area contributed by atoms with Crippen molar-refractivity contribution in [3.05, 3.63) is 36.0 Å². The van der Waals surface area contributed by atoms with E-state index >= 15 is 0 Å². The van der Waals surface area contributed by atoms with Crippen LogP contribution in [0.1, 0.15) is 19.4 Å². The number of pyridine rings is 1. The monoisotopic (exact) mass is 399 g/mol. The van der Waals surface area contributed by atoms with Gasteiger partial charge in [0.1, 0.15) is 0 Å². The molecule has 0 aliphatic carbocycles. The van der Waals surface area contributed by atoms with Crippen molar-refractivity contribution in [1.82, 2.24) is 15.2 Å². The molecule has 2 aromatic rings. The predicted octanol–water partition coefficient (Wildman–Crippen LogP) is 2.73. The highest BCUT2D eigenvalue weighted by molar-refractivity contribution is 5.83. The second-order valence-electron chi connectivity index (χ2n) is 7.40. The first kappa shape index (κ1) is 20.9. The fourth-order valence-electron chi connectivity index (χ4n) is 3.61. The van der Waals surface area contributed by atoms with Crippen molar-refractivity contribution in [2.75, 3.05) is 34.4 Å². The predicted molar refractivity (Wildman–Crippen MR) is 111 cm³/mol. The van der Waals surface area contributed by atoms with Gasteiger partial charge in [0, 0.05) is 31.4 Å². The number of amides is 1. The Hall–Kier alpha value is -2.80. The first-order chi connectivity index (χ1) is 14.0. The Kier molecular flexibility index (Phi) is 6.59. The molecular formula is C22H29N3O4. The number of rotatable bonds is 7. The van der Waals surface area contributed by atoms with Gasteiger partial charge in [-0.2, -0.15) is 0 Å². The summed E-state index contributed by atoms with van der Waals surface area (Å²) in [5.74, 6) is 2.10. The quantitative estimate of drug-likeness (QED) is 0.772. The molecule has 156 valence electrons. The lowest BCUT2D eigenvalue weighted by Crippen LogP contribution is -2.56. The molecule has 0 spiro atoms. The average molecular weight is 399 g/mol. The van der Waals surface area contributed by atoms with E-state index in [0.717, 1.165) is 23.4 Å². The van der Waals surface area contributed by atoms with E-state index in [2.05, 4.69) is 24.1 Å². The third kappa shape index (κ3) is 4.45. The van der Waals surface area contributed by atoms with Crippen molar-refractivity contribution < 1.29 is 19.0 Å². The number of nitrogens with one attached hydrogen (secondary N) is 1. The largest absolute Gasteiger partial charge is 0.493 e. The van der Waals surface area contributed by atoms with Gasteiger partial charge in [-0.05, 0) is 35.7 Å². The molecule has 3 rings (SSSR count). The molecule has 7 heteroatoms. The van der Waals surface area contributed by atoms with Crippen molar-refractivity contribution in [3.8, 4) is 28.5 Å². The van der Waals surface area contributed by atoms with Crippen molar-refractivity contribution in [2.24, 2.45) is 5.92 Å². The minimum absolute atomic E-state index is 0.125.